The fourth-order valence-electron chi connectivity index (χ4n) is 2.99. The van der Waals surface area contributed by atoms with Crippen molar-refractivity contribution in [2.45, 2.75) is 38.9 Å². The van der Waals surface area contributed by atoms with Gasteiger partial charge < -0.3 is 13.7 Å². The van der Waals surface area contributed by atoms with E-state index in [0.29, 0.717) is 0 Å². The number of rotatable bonds is 1. The Bertz CT molecular complexity index is 847. The molecular weight excluding hydrogens is 275 g/mol. The van der Waals surface area contributed by atoms with Crippen molar-refractivity contribution in [3.8, 4) is 0 Å². The molecule has 2 aromatic carbocycles. The van der Waals surface area contributed by atoms with Crippen molar-refractivity contribution < 1.29 is 13.7 Å². The van der Waals surface area contributed by atoms with Gasteiger partial charge in [0.05, 0.1) is 17.5 Å². The van der Waals surface area contributed by atoms with Gasteiger partial charge in [-0.05, 0) is 44.6 Å². The average Bonchev–Trinajstić information content (AvgIpc) is 3.01. The molecule has 112 valence electrons. The SMILES string of the molecule is CC1(C)OB(c2cc3ccccc3c3occc23)OC1(C)C. The first-order valence-corrected chi connectivity index (χ1v) is 7.63. The summed E-state index contributed by atoms with van der Waals surface area (Å²) in [6.07, 6.45) is 1.73. The van der Waals surface area contributed by atoms with Gasteiger partial charge in [0.15, 0.2) is 0 Å². The minimum absolute atomic E-state index is 0.348. The van der Waals surface area contributed by atoms with E-state index < -0.39 is 0 Å². The van der Waals surface area contributed by atoms with E-state index in [-0.39, 0.29) is 18.3 Å². The second-order valence-electron chi connectivity index (χ2n) is 6.94. The molecule has 1 saturated heterocycles. The minimum atomic E-state index is -0.380. The predicted molar refractivity (Wildman–Crippen MR) is 89.4 cm³/mol. The molecule has 0 saturated carbocycles. The van der Waals surface area contributed by atoms with E-state index in [4.69, 9.17) is 13.7 Å². The quantitative estimate of drug-likeness (QED) is 0.638. The third-order valence-electron chi connectivity index (χ3n) is 5.00. The van der Waals surface area contributed by atoms with Crippen molar-refractivity contribution in [3.05, 3.63) is 42.7 Å². The fraction of sp³-hybridized carbons (Fsp3) is 0.333. The van der Waals surface area contributed by atoms with E-state index in [0.717, 1.165) is 27.2 Å². The van der Waals surface area contributed by atoms with Gasteiger partial charge in [-0.25, -0.2) is 0 Å². The van der Waals surface area contributed by atoms with Gasteiger partial charge in [-0.1, -0.05) is 30.3 Å². The first kappa shape index (κ1) is 13.9. The van der Waals surface area contributed by atoms with Gasteiger partial charge in [0.2, 0.25) is 0 Å². The van der Waals surface area contributed by atoms with Crippen LogP contribution in [-0.2, 0) is 9.31 Å². The lowest BCUT2D eigenvalue weighted by atomic mass is 9.76. The summed E-state index contributed by atoms with van der Waals surface area (Å²) in [5.41, 5.74) is 1.22. The van der Waals surface area contributed by atoms with Crippen LogP contribution < -0.4 is 5.46 Å². The number of furan rings is 1. The van der Waals surface area contributed by atoms with Crippen molar-refractivity contribution in [1.82, 2.24) is 0 Å². The molecule has 0 N–H and O–H groups in total. The van der Waals surface area contributed by atoms with Crippen LogP contribution in [0.15, 0.2) is 47.1 Å². The highest BCUT2D eigenvalue weighted by Gasteiger charge is 2.52. The van der Waals surface area contributed by atoms with Gasteiger partial charge in [0, 0.05) is 10.8 Å². The molecule has 0 spiro atoms. The predicted octanol–water partition coefficient (Wildman–Crippen LogP) is 3.89. The molecule has 3 nitrogen and oxygen atoms in total. The second kappa shape index (κ2) is 4.37. The van der Waals surface area contributed by atoms with Crippen LogP contribution in [0.5, 0.6) is 0 Å². The Balaban J connectivity index is 1.93. The van der Waals surface area contributed by atoms with Crippen LogP contribution in [0.2, 0.25) is 0 Å². The molecule has 1 aliphatic heterocycles. The Morgan fingerprint density at radius 2 is 1.55 bits per heavy atom. The van der Waals surface area contributed by atoms with Crippen molar-refractivity contribution >= 4 is 34.3 Å². The molecule has 0 radical (unpaired) electrons. The second-order valence-corrected chi connectivity index (χ2v) is 6.94. The van der Waals surface area contributed by atoms with E-state index >= 15 is 0 Å². The monoisotopic (exact) mass is 294 g/mol. The molecule has 4 rings (SSSR count). The smallest absolute Gasteiger partial charge is 0.464 e. The van der Waals surface area contributed by atoms with Crippen LogP contribution in [0.3, 0.4) is 0 Å². The topological polar surface area (TPSA) is 31.6 Å². The first-order chi connectivity index (χ1) is 10.4. The Labute approximate surface area is 130 Å². The van der Waals surface area contributed by atoms with Crippen LogP contribution in [0.1, 0.15) is 27.7 Å². The maximum atomic E-state index is 6.21. The highest BCUT2D eigenvalue weighted by molar-refractivity contribution is 6.65. The zero-order valence-corrected chi connectivity index (χ0v) is 13.3. The lowest BCUT2D eigenvalue weighted by molar-refractivity contribution is 0.00578. The van der Waals surface area contributed by atoms with Crippen LogP contribution in [0, 0.1) is 0 Å². The summed E-state index contributed by atoms with van der Waals surface area (Å²) in [5.74, 6) is 0. The van der Waals surface area contributed by atoms with Crippen molar-refractivity contribution in [2.75, 3.05) is 0 Å². The third-order valence-corrected chi connectivity index (χ3v) is 5.00. The Kier molecular flexibility index (Phi) is 2.75. The molecule has 0 unspecified atom stereocenters. The molecular formula is C18H19BO3. The fourth-order valence-corrected chi connectivity index (χ4v) is 2.99. The molecule has 1 fully saturated rings. The van der Waals surface area contributed by atoms with Crippen LogP contribution in [0.25, 0.3) is 21.7 Å². The standard InChI is InChI=1S/C18H19BO3/c1-17(2)18(3,4)22-19(21-17)15-11-12-7-5-6-8-13(12)16-14(15)9-10-20-16/h5-11H,1-4H3. The largest absolute Gasteiger partial charge is 0.495 e. The molecule has 1 aromatic heterocycles. The van der Waals surface area contributed by atoms with Crippen LogP contribution in [-0.4, -0.2) is 18.3 Å². The zero-order valence-electron chi connectivity index (χ0n) is 13.3. The van der Waals surface area contributed by atoms with E-state index in [1.807, 2.05) is 18.2 Å². The summed E-state index contributed by atoms with van der Waals surface area (Å²) < 4.78 is 18.1. The Morgan fingerprint density at radius 1 is 0.864 bits per heavy atom. The van der Waals surface area contributed by atoms with Crippen molar-refractivity contribution in [1.29, 1.82) is 0 Å². The summed E-state index contributed by atoms with van der Waals surface area (Å²) in [7, 11) is -0.380. The molecule has 3 aromatic rings. The van der Waals surface area contributed by atoms with E-state index in [1.165, 1.54) is 0 Å². The molecule has 2 heterocycles. The van der Waals surface area contributed by atoms with E-state index in [1.54, 1.807) is 6.26 Å². The molecule has 0 aliphatic carbocycles. The summed E-state index contributed by atoms with van der Waals surface area (Å²) in [4.78, 5) is 0. The lowest BCUT2D eigenvalue weighted by Gasteiger charge is -2.32. The van der Waals surface area contributed by atoms with Gasteiger partial charge in [-0.15, -0.1) is 0 Å². The summed E-state index contributed by atoms with van der Waals surface area (Å²) >= 11 is 0. The van der Waals surface area contributed by atoms with E-state index in [9.17, 15) is 0 Å². The molecule has 0 atom stereocenters. The molecule has 22 heavy (non-hydrogen) atoms. The first-order valence-electron chi connectivity index (χ1n) is 7.63. The average molecular weight is 294 g/mol. The van der Waals surface area contributed by atoms with Crippen molar-refractivity contribution in [3.63, 3.8) is 0 Å². The van der Waals surface area contributed by atoms with Gasteiger partial charge in [0.25, 0.3) is 0 Å². The van der Waals surface area contributed by atoms with Gasteiger partial charge in [-0.3, -0.25) is 0 Å². The normalized spacial score (nSPS) is 20.1. The Morgan fingerprint density at radius 3 is 2.27 bits per heavy atom. The van der Waals surface area contributed by atoms with Gasteiger partial charge in [0.1, 0.15) is 5.58 Å². The van der Waals surface area contributed by atoms with Gasteiger partial charge >= 0.3 is 7.12 Å². The summed E-state index contributed by atoms with van der Waals surface area (Å²) in [6, 6.07) is 12.4. The van der Waals surface area contributed by atoms with E-state index in [2.05, 4.69) is 45.9 Å². The maximum Gasteiger partial charge on any atom is 0.495 e. The van der Waals surface area contributed by atoms with Crippen molar-refractivity contribution in [2.24, 2.45) is 0 Å². The molecule has 4 heteroatoms. The molecule has 0 amide bonds. The number of hydrogen-bond donors (Lipinski definition) is 0. The van der Waals surface area contributed by atoms with Crippen LogP contribution in [0.4, 0.5) is 0 Å². The third kappa shape index (κ3) is 1.84. The highest BCUT2D eigenvalue weighted by atomic mass is 16.7. The maximum absolute atomic E-state index is 6.21. The number of fused-ring (bicyclic) bond motifs is 3. The number of benzene rings is 2. The molecule has 1 aliphatic rings. The van der Waals surface area contributed by atoms with Crippen LogP contribution >= 0.6 is 0 Å². The minimum Gasteiger partial charge on any atom is -0.464 e. The zero-order chi connectivity index (χ0) is 15.5. The van der Waals surface area contributed by atoms with Gasteiger partial charge in [-0.2, -0.15) is 0 Å². The highest BCUT2D eigenvalue weighted by Crippen LogP contribution is 2.37. The molecule has 0 bridgehead atoms. The lowest BCUT2D eigenvalue weighted by Crippen LogP contribution is -2.41. The summed E-state index contributed by atoms with van der Waals surface area (Å²) in [6.45, 7) is 8.28. The number of hydrogen-bond acceptors (Lipinski definition) is 3. The summed E-state index contributed by atoms with van der Waals surface area (Å²) in [5, 5.41) is 3.30. The Hall–Kier alpha value is -1.78.